The summed E-state index contributed by atoms with van der Waals surface area (Å²) in [7, 11) is 1.66. The molecule has 6 nitrogen and oxygen atoms in total. The number of imidazole rings is 1. The Labute approximate surface area is 115 Å². The number of aliphatic carboxylic acids is 1. The van der Waals surface area contributed by atoms with Gasteiger partial charge < -0.3 is 15.8 Å². The molecule has 4 N–H and O–H groups in total. The van der Waals surface area contributed by atoms with Crippen molar-refractivity contribution < 1.29 is 9.90 Å². The molecule has 2 rings (SSSR count). The van der Waals surface area contributed by atoms with Crippen LogP contribution in [-0.2, 0) is 18.3 Å². The maximum absolute atomic E-state index is 11.4. The number of rotatable bonds is 3. The first-order chi connectivity index (χ1) is 8.31. The van der Waals surface area contributed by atoms with Crippen molar-refractivity contribution in [3.63, 3.8) is 0 Å². The molecule has 0 bridgehead atoms. The molecule has 1 aromatic heterocycles. The lowest BCUT2D eigenvalue weighted by atomic mass is 9.94. The van der Waals surface area contributed by atoms with Crippen molar-refractivity contribution >= 4 is 29.4 Å². The fourth-order valence-electron chi connectivity index (χ4n) is 1.88. The third-order valence-electron chi connectivity index (χ3n) is 3.03. The van der Waals surface area contributed by atoms with E-state index in [4.69, 9.17) is 10.8 Å². The summed E-state index contributed by atoms with van der Waals surface area (Å²) in [6.45, 7) is 1.47. The smallest absolute Gasteiger partial charge is 0.326 e. The molecule has 1 heterocycles. The summed E-state index contributed by atoms with van der Waals surface area (Å²) in [6.07, 6.45) is 0.206. The van der Waals surface area contributed by atoms with Gasteiger partial charge in [0.05, 0.1) is 11.0 Å². The van der Waals surface area contributed by atoms with Crippen LogP contribution < -0.4 is 11.4 Å². The number of aromatic nitrogens is 2. The van der Waals surface area contributed by atoms with E-state index in [2.05, 4.69) is 4.98 Å². The Morgan fingerprint density at radius 2 is 2.16 bits per heavy atom. The number of nitrogens with two attached hydrogens (primary N) is 1. The number of hydrogen-bond acceptors (Lipinski definition) is 3. The summed E-state index contributed by atoms with van der Waals surface area (Å²) >= 11 is 0. The number of H-pyrrole nitrogens is 1. The Hall–Kier alpha value is -1.79. The predicted molar refractivity (Wildman–Crippen MR) is 74.7 cm³/mol. The fourth-order valence-corrected chi connectivity index (χ4v) is 1.88. The van der Waals surface area contributed by atoms with E-state index in [1.54, 1.807) is 25.2 Å². The first kappa shape index (κ1) is 15.3. The average molecular weight is 286 g/mol. The van der Waals surface area contributed by atoms with Gasteiger partial charge in [-0.15, -0.1) is 12.4 Å². The van der Waals surface area contributed by atoms with Crippen molar-refractivity contribution in [1.82, 2.24) is 9.55 Å². The van der Waals surface area contributed by atoms with Crippen molar-refractivity contribution in [1.29, 1.82) is 0 Å². The van der Waals surface area contributed by atoms with Crippen LogP contribution in [0.5, 0.6) is 0 Å². The van der Waals surface area contributed by atoms with Crippen molar-refractivity contribution in [3.8, 4) is 0 Å². The van der Waals surface area contributed by atoms with Gasteiger partial charge in [0.2, 0.25) is 0 Å². The average Bonchev–Trinajstić information content (AvgIpc) is 2.55. The van der Waals surface area contributed by atoms with Gasteiger partial charge in [0.1, 0.15) is 5.54 Å². The summed E-state index contributed by atoms with van der Waals surface area (Å²) in [5, 5.41) is 8.99. The molecule has 7 heteroatoms. The van der Waals surface area contributed by atoms with Crippen LogP contribution in [0.4, 0.5) is 0 Å². The Morgan fingerprint density at radius 1 is 1.53 bits per heavy atom. The first-order valence-electron chi connectivity index (χ1n) is 5.51. The summed E-state index contributed by atoms with van der Waals surface area (Å²) < 4.78 is 1.48. The number of nitrogens with zero attached hydrogens (tertiary/aromatic N) is 1. The van der Waals surface area contributed by atoms with Gasteiger partial charge in [-0.1, -0.05) is 6.07 Å². The topological polar surface area (TPSA) is 101 Å². The summed E-state index contributed by atoms with van der Waals surface area (Å²) in [5.74, 6) is -1.05. The quantitative estimate of drug-likeness (QED) is 0.770. The zero-order valence-electron chi connectivity index (χ0n) is 10.6. The summed E-state index contributed by atoms with van der Waals surface area (Å²) in [5.41, 5.74) is 6.43. The Bertz CT molecular complexity index is 672. The standard InChI is InChI=1S/C12H15N3O3.ClH/c1-12(13,10(16)17)6-7-3-4-8-9(5-7)15(2)11(18)14-8;/h3-5H,6,13H2,1-2H3,(H,14,18)(H,16,17);1H. The molecular formula is C12H16ClN3O3. The van der Waals surface area contributed by atoms with Gasteiger partial charge in [0.25, 0.3) is 0 Å². The molecule has 1 unspecified atom stereocenters. The number of carboxylic acids is 1. The highest BCUT2D eigenvalue weighted by molar-refractivity contribution is 5.85. The molecule has 2 aromatic rings. The van der Waals surface area contributed by atoms with Crippen molar-refractivity contribution in [3.05, 3.63) is 34.2 Å². The highest BCUT2D eigenvalue weighted by Crippen LogP contribution is 2.16. The number of aryl methyl sites for hydroxylation is 1. The fraction of sp³-hybridized carbons (Fsp3) is 0.333. The van der Waals surface area contributed by atoms with Gasteiger partial charge in [-0.2, -0.15) is 0 Å². The molecule has 0 saturated carbocycles. The molecule has 0 spiro atoms. The van der Waals surface area contributed by atoms with Crippen LogP contribution in [0.25, 0.3) is 11.0 Å². The largest absolute Gasteiger partial charge is 0.480 e. The van der Waals surface area contributed by atoms with Crippen LogP contribution in [0.1, 0.15) is 12.5 Å². The van der Waals surface area contributed by atoms with E-state index in [-0.39, 0.29) is 24.5 Å². The monoisotopic (exact) mass is 285 g/mol. The van der Waals surface area contributed by atoms with E-state index in [1.165, 1.54) is 11.5 Å². The van der Waals surface area contributed by atoms with Gasteiger partial charge in [-0.25, -0.2) is 4.79 Å². The lowest BCUT2D eigenvalue weighted by Gasteiger charge is -2.19. The number of carboxylic acid groups (broad SMARTS) is 1. The molecule has 0 radical (unpaired) electrons. The maximum Gasteiger partial charge on any atom is 0.326 e. The van der Waals surface area contributed by atoms with Crippen LogP contribution in [-0.4, -0.2) is 26.2 Å². The van der Waals surface area contributed by atoms with Crippen LogP contribution in [0.15, 0.2) is 23.0 Å². The maximum atomic E-state index is 11.4. The van der Waals surface area contributed by atoms with E-state index in [9.17, 15) is 9.59 Å². The molecule has 104 valence electrons. The SMILES string of the molecule is Cl.Cn1c(=O)[nH]c2ccc(CC(C)(N)C(=O)O)cc21. The second kappa shape index (κ2) is 5.07. The molecule has 0 amide bonds. The minimum absolute atomic E-state index is 0. The number of benzene rings is 1. The Kier molecular flexibility index (Phi) is 4.07. The molecule has 0 aliphatic rings. The minimum atomic E-state index is -1.32. The van der Waals surface area contributed by atoms with Crippen LogP contribution in [0.3, 0.4) is 0 Å². The van der Waals surface area contributed by atoms with E-state index < -0.39 is 11.5 Å². The second-order valence-electron chi connectivity index (χ2n) is 4.74. The van der Waals surface area contributed by atoms with Gasteiger partial charge in [0.15, 0.2) is 0 Å². The van der Waals surface area contributed by atoms with E-state index in [0.29, 0.717) is 0 Å². The summed E-state index contributed by atoms with van der Waals surface area (Å²) in [4.78, 5) is 25.1. The molecule has 0 saturated heterocycles. The molecular weight excluding hydrogens is 270 g/mol. The van der Waals surface area contributed by atoms with Crippen LogP contribution in [0.2, 0.25) is 0 Å². The summed E-state index contributed by atoms with van der Waals surface area (Å²) in [6, 6.07) is 5.30. The number of hydrogen-bond donors (Lipinski definition) is 3. The zero-order chi connectivity index (χ0) is 13.5. The van der Waals surface area contributed by atoms with Crippen LogP contribution in [0, 0.1) is 0 Å². The van der Waals surface area contributed by atoms with E-state index in [0.717, 1.165) is 16.6 Å². The van der Waals surface area contributed by atoms with Crippen molar-refractivity contribution in [2.24, 2.45) is 12.8 Å². The molecule has 0 aliphatic carbocycles. The molecule has 19 heavy (non-hydrogen) atoms. The highest BCUT2D eigenvalue weighted by Gasteiger charge is 2.28. The number of nitrogens with one attached hydrogen (secondary N) is 1. The number of halogens is 1. The lowest BCUT2D eigenvalue weighted by molar-refractivity contribution is -0.142. The van der Waals surface area contributed by atoms with Gasteiger partial charge >= 0.3 is 11.7 Å². The third-order valence-corrected chi connectivity index (χ3v) is 3.03. The predicted octanol–water partition coefficient (Wildman–Crippen LogP) is 0.633. The van der Waals surface area contributed by atoms with Crippen molar-refractivity contribution in [2.75, 3.05) is 0 Å². The number of fused-ring (bicyclic) bond motifs is 1. The number of carbonyl (C=O) groups is 1. The Morgan fingerprint density at radius 3 is 2.74 bits per heavy atom. The molecule has 0 aliphatic heterocycles. The first-order valence-corrected chi connectivity index (χ1v) is 5.51. The Balaban J connectivity index is 0.00000180. The molecule has 0 fully saturated rings. The van der Waals surface area contributed by atoms with Crippen molar-refractivity contribution in [2.45, 2.75) is 18.9 Å². The minimum Gasteiger partial charge on any atom is -0.480 e. The molecule has 1 atom stereocenters. The van der Waals surface area contributed by atoms with Gasteiger partial charge in [-0.3, -0.25) is 9.36 Å². The molecule has 1 aromatic carbocycles. The normalized spacial score (nSPS) is 13.8. The number of aromatic amines is 1. The lowest BCUT2D eigenvalue weighted by Crippen LogP contribution is -2.46. The van der Waals surface area contributed by atoms with Crippen LogP contribution >= 0.6 is 12.4 Å². The zero-order valence-corrected chi connectivity index (χ0v) is 11.5. The van der Waals surface area contributed by atoms with Gasteiger partial charge in [0, 0.05) is 13.5 Å². The van der Waals surface area contributed by atoms with E-state index in [1.807, 2.05) is 0 Å². The van der Waals surface area contributed by atoms with Gasteiger partial charge in [-0.05, 0) is 24.6 Å². The highest BCUT2D eigenvalue weighted by atomic mass is 35.5. The third kappa shape index (κ3) is 2.80. The van der Waals surface area contributed by atoms with E-state index >= 15 is 0 Å². The second-order valence-corrected chi connectivity index (χ2v) is 4.74.